The second kappa shape index (κ2) is 12.1. The van der Waals surface area contributed by atoms with E-state index in [4.69, 9.17) is 10.2 Å². The maximum Gasteiger partial charge on any atom is 0.126 e. The van der Waals surface area contributed by atoms with Crippen LogP contribution in [0, 0.1) is 29.3 Å². The zero-order valence-electron chi connectivity index (χ0n) is 18.2. The number of benzene rings is 3. The van der Waals surface area contributed by atoms with Crippen LogP contribution in [0.5, 0.6) is 0 Å². The molecule has 0 spiro atoms. The van der Waals surface area contributed by atoms with Gasteiger partial charge in [-0.3, -0.25) is 9.97 Å². The number of rotatable bonds is 4. The van der Waals surface area contributed by atoms with Crippen LogP contribution in [-0.4, -0.2) is 32.4 Å². The predicted octanol–water partition coefficient (Wildman–Crippen LogP) is 5.46. The van der Waals surface area contributed by atoms with E-state index in [0.717, 1.165) is 24.3 Å². The van der Waals surface area contributed by atoms with Crippen LogP contribution in [0.2, 0.25) is 0 Å². The maximum absolute atomic E-state index is 13.7. The molecule has 4 rings (SSSR count). The second-order valence-corrected chi connectivity index (χ2v) is 7.56. The molecule has 0 aliphatic carbocycles. The van der Waals surface area contributed by atoms with Gasteiger partial charge in [-0.05, 0) is 50.1 Å². The summed E-state index contributed by atoms with van der Waals surface area (Å²) < 4.78 is 54.6. The number of hydrogen-bond acceptors (Lipinski definition) is 4. The van der Waals surface area contributed by atoms with Gasteiger partial charge in [0.25, 0.3) is 0 Å². The number of fused-ring (bicyclic) bond motifs is 1. The number of halogens is 4. The summed E-state index contributed by atoms with van der Waals surface area (Å²) >= 11 is 0. The zero-order chi connectivity index (χ0) is 24.1. The Morgan fingerprint density at radius 3 is 1.74 bits per heavy atom. The second-order valence-electron chi connectivity index (χ2n) is 7.56. The predicted molar refractivity (Wildman–Crippen MR) is 117 cm³/mol. The molecule has 0 fully saturated rings. The minimum Gasteiger partial charge on any atom is -0.393 e. The molecule has 1 radical (unpaired) electrons. The summed E-state index contributed by atoms with van der Waals surface area (Å²) in [6.45, 7) is 3.32. The average molecular weight is 650 g/mol. The molecule has 1 heterocycles. The average Bonchev–Trinajstić information content (AvgIpc) is 2.71. The Labute approximate surface area is 207 Å². The fourth-order valence-electron chi connectivity index (χ4n) is 3.20. The molecular formula is C25H21F4IrN2O2-. The Morgan fingerprint density at radius 2 is 1.26 bits per heavy atom. The fraction of sp³-hybridized carbons (Fsp3) is 0.200. The standard InChI is InChI=1S/C20H9F4N2.C5H12O2.Ir/c21-13-5-11(6-14(22)9-13)19-20(12-7-15(23)10-16(24)8-12)26-18-4-2-1-3-17(18)25-19;1-4(6)3-5(2)7;/h1-7,9-10H;4-7H,3H2,1-2H3;/q-1;;. The SMILES string of the molecule is CC(O)CC(C)O.Fc1[c-]c(-c2nc3ccccc3nc2-c2cc(F)cc(F)c2)cc(F)c1.[Ir]. The van der Waals surface area contributed by atoms with Gasteiger partial charge in [-0.1, -0.05) is 18.2 Å². The molecule has 2 N–H and O–H groups in total. The first-order valence-electron chi connectivity index (χ1n) is 10.1. The Hall–Kier alpha value is -2.71. The van der Waals surface area contributed by atoms with Crippen molar-refractivity contribution in [2.75, 3.05) is 0 Å². The molecule has 0 aliphatic rings. The van der Waals surface area contributed by atoms with Gasteiger partial charge in [0.05, 0.1) is 28.9 Å². The maximum atomic E-state index is 13.7. The summed E-state index contributed by atoms with van der Waals surface area (Å²) in [7, 11) is 0. The van der Waals surface area contributed by atoms with E-state index in [1.54, 1.807) is 38.1 Å². The van der Waals surface area contributed by atoms with E-state index >= 15 is 0 Å². The van der Waals surface area contributed by atoms with E-state index in [2.05, 4.69) is 16.0 Å². The Kier molecular flexibility index (Phi) is 9.82. The molecule has 0 bridgehead atoms. The molecule has 4 nitrogen and oxygen atoms in total. The molecule has 181 valence electrons. The van der Waals surface area contributed by atoms with Crippen LogP contribution >= 0.6 is 0 Å². The van der Waals surface area contributed by atoms with Crippen LogP contribution in [0.15, 0.2) is 54.6 Å². The summed E-state index contributed by atoms with van der Waals surface area (Å²) in [5, 5.41) is 17.1. The van der Waals surface area contributed by atoms with Crippen LogP contribution in [0.1, 0.15) is 20.3 Å². The van der Waals surface area contributed by atoms with Crippen molar-refractivity contribution in [1.82, 2.24) is 9.97 Å². The van der Waals surface area contributed by atoms with Crippen molar-refractivity contribution in [2.45, 2.75) is 32.5 Å². The van der Waals surface area contributed by atoms with Crippen LogP contribution in [0.25, 0.3) is 33.5 Å². The minimum absolute atomic E-state index is 0. The van der Waals surface area contributed by atoms with Gasteiger partial charge in [-0.25, -0.2) is 17.6 Å². The summed E-state index contributed by atoms with van der Waals surface area (Å²) in [5.74, 6) is -3.32. The van der Waals surface area contributed by atoms with Gasteiger partial charge in [-0.15, -0.1) is 17.7 Å². The number of para-hydroxylation sites is 2. The van der Waals surface area contributed by atoms with Gasteiger partial charge in [0.2, 0.25) is 0 Å². The molecule has 4 aromatic rings. The van der Waals surface area contributed by atoms with Crippen molar-refractivity contribution in [2.24, 2.45) is 0 Å². The van der Waals surface area contributed by atoms with E-state index < -0.39 is 23.3 Å². The molecule has 0 saturated heterocycles. The molecule has 3 aromatic carbocycles. The molecular weight excluding hydrogens is 628 g/mol. The van der Waals surface area contributed by atoms with Gasteiger partial charge >= 0.3 is 0 Å². The van der Waals surface area contributed by atoms with Crippen LogP contribution < -0.4 is 0 Å². The molecule has 9 heteroatoms. The number of aliphatic hydroxyl groups is 2. The van der Waals surface area contributed by atoms with Gasteiger partial charge in [0, 0.05) is 43.5 Å². The molecule has 0 saturated carbocycles. The van der Waals surface area contributed by atoms with Gasteiger partial charge in [0.1, 0.15) is 11.6 Å². The Morgan fingerprint density at radius 1 is 0.765 bits per heavy atom. The molecule has 34 heavy (non-hydrogen) atoms. The van der Waals surface area contributed by atoms with Crippen molar-refractivity contribution < 1.29 is 47.9 Å². The van der Waals surface area contributed by atoms with Crippen LogP contribution in [-0.2, 0) is 20.1 Å². The quantitative estimate of drug-likeness (QED) is 0.228. The van der Waals surface area contributed by atoms with E-state index in [1.165, 1.54) is 0 Å². The normalized spacial score (nSPS) is 12.4. The molecule has 0 amide bonds. The molecule has 1 aromatic heterocycles. The van der Waals surface area contributed by atoms with Crippen molar-refractivity contribution in [3.63, 3.8) is 0 Å². The van der Waals surface area contributed by atoms with Gasteiger partial charge in [0.15, 0.2) is 0 Å². The Bertz CT molecular complexity index is 1130. The summed E-state index contributed by atoms with van der Waals surface area (Å²) in [5.41, 5.74) is 1.23. The molecule has 2 atom stereocenters. The first kappa shape index (κ1) is 27.5. The third-order valence-corrected chi connectivity index (χ3v) is 4.44. The van der Waals surface area contributed by atoms with Crippen molar-refractivity contribution in [1.29, 1.82) is 0 Å². The van der Waals surface area contributed by atoms with E-state index in [-0.39, 0.29) is 54.8 Å². The summed E-state index contributed by atoms with van der Waals surface area (Å²) in [6, 6.07) is 13.8. The van der Waals surface area contributed by atoms with E-state index in [9.17, 15) is 17.6 Å². The first-order chi connectivity index (χ1) is 15.6. The van der Waals surface area contributed by atoms with Crippen molar-refractivity contribution in [3.8, 4) is 22.5 Å². The van der Waals surface area contributed by atoms with Crippen LogP contribution in [0.4, 0.5) is 17.6 Å². The fourth-order valence-corrected chi connectivity index (χ4v) is 3.20. The van der Waals surface area contributed by atoms with E-state index in [1.807, 2.05) is 0 Å². The minimum atomic E-state index is -0.911. The first-order valence-corrected chi connectivity index (χ1v) is 10.1. The van der Waals surface area contributed by atoms with Crippen molar-refractivity contribution in [3.05, 3.63) is 83.9 Å². The third-order valence-electron chi connectivity index (χ3n) is 4.44. The molecule has 2 unspecified atom stereocenters. The Balaban J connectivity index is 0.000000449. The number of hydrogen-bond donors (Lipinski definition) is 2. The molecule has 0 aliphatic heterocycles. The van der Waals surface area contributed by atoms with E-state index in [0.29, 0.717) is 23.5 Å². The smallest absolute Gasteiger partial charge is 0.126 e. The summed E-state index contributed by atoms with van der Waals surface area (Å²) in [6.07, 6.45) is -0.278. The van der Waals surface area contributed by atoms with Crippen LogP contribution in [0.3, 0.4) is 0 Å². The number of nitrogens with zero attached hydrogens (tertiary/aromatic N) is 2. The number of aliphatic hydroxyl groups excluding tert-OH is 2. The number of aromatic nitrogens is 2. The largest absolute Gasteiger partial charge is 0.393 e. The topological polar surface area (TPSA) is 66.2 Å². The van der Waals surface area contributed by atoms with Gasteiger partial charge in [-0.2, -0.15) is 0 Å². The summed E-state index contributed by atoms with van der Waals surface area (Å²) in [4.78, 5) is 8.79. The third kappa shape index (κ3) is 7.40. The monoisotopic (exact) mass is 650 g/mol. The zero-order valence-corrected chi connectivity index (χ0v) is 20.6. The van der Waals surface area contributed by atoms with Crippen molar-refractivity contribution >= 4 is 11.0 Å². The van der Waals surface area contributed by atoms with Gasteiger partial charge < -0.3 is 10.2 Å².